The number of nitrogens with zero attached hydrogens (tertiary/aromatic N) is 2. The van der Waals surface area contributed by atoms with E-state index >= 15 is 0 Å². The number of nitrogen functional groups attached to an aromatic ring is 1. The normalized spacial score (nSPS) is 12.5. The van der Waals surface area contributed by atoms with Crippen molar-refractivity contribution >= 4 is 17.5 Å². The van der Waals surface area contributed by atoms with Crippen LogP contribution >= 0.6 is 0 Å². The quantitative estimate of drug-likeness (QED) is 0.838. The molecular weight excluding hydrogens is 232 g/mol. The molecule has 3 rings (SSSR count). The highest BCUT2D eigenvalue weighted by Crippen LogP contribution is 2.40. The van der Waals surface area contributed by atoms with Crippen LogP contribution < -0.4 is 20.5 Å². The van der Waals surface area contributed by atoms with E-state index in [-0.39, 0.29) is 12.7 Å². The molecule has 1 aliphatic rings. The number of ether oxygens (including phenoxy) is 2. The van der Waals surface area contributed by atoms with Crippen LogP contribution in [-0.2, 0) is 0 Å². The molecule has 0 saturated carbocycles. The van der Waals surface area contributed by atoms with Gasteiger partial charge in [0.15, 0.2) is 11.5 Å². The molecule has 1 aromatic carbocycles. The second-order valence-corrected chi connectivity index (χ2v) is 3.92. The number of nitrogens with two attached hydrogens (primary N) is 1. The van der Waals surface area contributed by atoms with Crippen LogP contribution in [0.25, 0.3) is 0 Å². The van der Waals surface area contributed by atoms with Crippen LogP contribution in [0.15, 0.2) is 24.4 Å². The maximum Gasteiger partial charge on any atom is 0.231 e. The largest absolute Gasteiger partial charge is 0.454 e. The third kappa shape index (κ3) is 1.77. The van der Waals surface area contributed by atoms with Crippen molar-refractivity contribution in [2.24, 2.45) is 0 Å². The summed E-state index contributed by atoms with van der Waals surface area (Å²) in [6.45, 7) is 2.14. The summed E-state index contributed by atoms with van der Waals surface area (Å²) in [5.74, 6) is 2.30. The zero-order valence-electron chi connectivity index (χ0n) is 9.80. The molecule has 0 fully saturated rings. The van der Waals surface area contributed by atoms with E-state index in [1.54, 1.807) is 6.20 Å². The number of aryl methyl sites for hydroxylation is 1. The molecule has 6 heteroatoms. The molecule has 2 heterocycles. The summed E-state index contributed by atoms with van der Waals surface area (Å²) in [6.07, 6.45) is 1.67. The highest BCUT2D eigenvalue weighted by Gasteiger charge is 2.18. The molecule has 0 radical (unpaired) electrons. The topological polar surface area (TPSA) is 82.3 Å². The SMILES string of the molecule is Cc1cnc(N)nc1Nc1cccc2c1OCO2. The molecule has 3 N–H and O–H groups in total. The Balaban J connectivity index is 1.98. The fourth-order valence-electron chi connectivity index (χ4n) is 1.74. The van der Waals surface area contributed by atoms with Crippen LogP contribution in [0.3, 0.4) is 0 Å². The maximum atomic E-state index is 5.58. The summed E-state index contributed by atoms with van der Waals surface area (Å²) < 4.78 is 10.7. The molecule has 0 spiro atoms. The summed E-state index contributed by atoms with van der Waals surface area (Å²) in [5.41, 5.74) is 7.28. The lowest BCUT2D eigenvalue weighted by molar-refractivity contribution is 0.174. The lowest BCUT2D eigenvalue weighted by Gasteiger charge is -2.10. The number of anilines is 3. The molecule has 0 saturated heterocycles. The highest BCUT2D eigenvalue weighted by molar-refractivity contribution is 5.70. The summed E-state index contributed by atoms with van der Waals surface area (Å²) in [6, 6.07) is 5.63. The third-order valence-corrected chi connectivity index (χ3v) is 2.64. The first-order valence-electron chi connectivity index (χ1n) is 5.49. The van der Waals surface area contributed by atoms with Crippen molar-refractivity contribution in [3.63, 3.8) is 0 Å². The van der Waals surface area contributed by atoms with Crippen LogP contribution in [0, 0.1) is 6.92 Å². The van der Waals surface area contributed by atoms with Gasteiger partial charge in [-0.05, 0) is 19.1 Å². The number of rotatable bonds is 2. The molecule has 1 aromatic heterocycles. The zero-order chi connectivity index (χ0) is 12.5. The first-order valence-corrected chi connectivity index (χ1v) is 5.49. The van der Waals surface area contributed by atoms with Crippen molar-refractivity contribution in [2.75, 3.05) is 17.8 Å². The van der Waals surface area contributed by atoms with E-state index in [0.717, 1.165) is 17.0 Å². The van der Waals surface area contributed by atoms with E-state index in [9.17, 15) is 0 Å². The van der Waals surface area contributed by atoms with Crippen molar-refractivity contribution in [3.8, 4) is 11.5 Å². The summed E-state index contributed by atoms with van der Waals surface area (Å²) >= 11 is 0. The minimum absolute atomic E-state index is 0.229. The molecule has 2 aromatic rings. The van der Waals surface area contributed by atoms with Crippen molar-refractivity contribution < 1.29 is 9.47 Å². The van der Waals surface area contributed by atoms with Gasteiger partial charge in [0.25, 0.3) is 0 Å². The average molecular weight is 244 g/mol. The van der Waals surface area contributed by atoms with Gasteiger partial charge in [-0.1, -0.05) is 6.07 Å². The molecule has 0 unspecified atom stereocenters. The van der Waals surface area contributed by atoms with Gasteiger partial charge in [0.1, 0.15) is 5.82 Å². The molecular formula is C12H12N4O2. The van der Waals surface area contributed by atoms with E-state index in [0.29, 0.717) is 11.6 Å². The fourth-order valence-corrected chi connectivity index (χ4v) is 1.74. The van der Waals surface area contributed by atoms with Gasteiger partial charge in [-0.25, -0.2) is 4.98 Å². The molecule has 92 valence electrons. The van der Waals surface area contributed by atoms with Crippen molar-refractivity contribution in [3.05, 3.63) is 30.0 Å². The number of aromatic nitrogens is 2. The van der Waals surface area contributed by atoms with Crippen LogP contribution in [0.2, 0.25) is 0 Å². The van der Waals surface area contributed by atoms with Crippen molar-refractivity contribution in [1.29, 1.82) is 0 Å². The smallest absolute Gasteiger partial charge is 0.231 e. The van der Waals surface area contributed by atoms with E-state index in [2.05, 4.69) is 15.3 Å². The molecule has 0 atom stereocenters. The monoisotopic (exact) mass is 244 g/mol. The minimum atomic E-state index is 0.229. The maximum absolute atomic E-state index is 5.58. The number of benzene rings is 1. The number of nitrogens with one attached hydrogen (secondary N) is 1. The second kappa shape index (κ2) is 4.06. The second-order valence-electron chi connectivity index (χ2n) is 3.92. The molecule has 6 nitrogen and oxygen atoms in total. The Bertz CT molecular complexity index is 601. The van der Waals surface area contributed by atoms with Crippen LogP contribution in [0.1, 0.15) is 5.56 Å². The van der Waals surface area contributed by atoms with Gasteiger partial charge in [-0.15, -0.1) is 0 Å². The highest BCUT2D eigenvalue weighted by atomic mass is 16.7. The molecule has 0 amide bonds. The van der Waals surface area contributed by atoms with E-state index < -0.39 is 0 Å². The lowest BCUT2D eigenvalue weighted by Crippen LogP contribution is -2.02. The first-order chi connectivity index (χ1) is 8.74. The van der Waals surface area contributed by atoms with Gasteiger partial charge < -0.3 is 20.5 Å². The van der Waals surface area contributed by atoms with Gasteiger partial charge in [0.05, 0.1) is 5.69 Å². The number of fused-ring (bicyclic) bond motifs is 1. The predicted octanol–water partition coefficient (Wildman–Crippen LogP) is 1.84. The lowest BCUT2D eigenvalue weighted by atomic mass is 10.2. The predicted molar refractivity (Wildman–Crippen MR) is 67.0 cm³/mol. The van der Waals surface area contributed by atoms with E-state index in [4.69, 9.17) is 15.2 Å². The van der Waals surface area contributed by atoms with Gasteiger partial charge in [-0.2, -0.15) is 4.98 Å². The zero-order valence-corrected chi connectivity index (χ0v) is 9.80. The van der Waals surface area contributed by atoms with Gasteiger partial charge in [0.2, 0.25) is 12.7 Å². The summed E-state index contributed by atoms with van der Waals surface area (Å²) in [7, 11) is 0. The molecule has 0 aliphatic carbocycles. The number of para-hydroxylation sites is 1. The standard InChI is InChI=1S/C12H12N4O2/c1-7-5-14-12(13)16-11(7)15-8-3-2-4-9-10(8)18-6-17-9/h2-5H,6H2,1H3,(H3,13,14,15,16). The third-order valence-electron chi connectivity index (χ3n) is 2.64. The summed E-state index contributed by atoms with van der Waals surface area (Å²) in [5, 5.41) is 3.18. The fraction of sp³-hybridized carbons (Fsp3) is 0.167. The molecule has 0 bridgehead atoms. The van der Waals surface area contributed by atoms with Crippen LogP contribution in [0.4, 0.5) is 17.5 Å². The van der Waals surface area contributed by atoms with Gasteiger partial charge >= 0.3 is 0 Å². The number of hydrogen-bond donors (Lipinski definition) is 2. The Hall–Kier alpha value is -2.50. The average Bonchev–Trinajstić information content (AvgIpc) is 2.83. The Kier molecular flexibility index (Phi) is 2.40. The molecule has 18 heavy (non-hydrogen) atoms. The minimum Gasteiger partial charge on any atom is -0.454 e. The summed E-state index contributed by atoms with van der Waals surface area (Å²) in [4.78, 5) is 8.08. The van der Waals surface area contributed by atoms with Crippen LogP contribution in [0.5, 0.6) is 11.5 Å². The Morgan fingerprint density at radius 2 is 2.22 bits per heavy atom. The van der Waals surface area contributed by atoms with Gasteiger partial charge in [0, 0.05) is 11.8 Å². The Morgan fingerprint density at radius 3 is 3.11 bits per heavy atom. The van der Waals surface area contributed by atoms with Crippen LogP contribution in [-0.4, -0.2) is 16.8 Å². The Morgan fingerprint density at radius 1 is 1.33 bits per heavy atom. The molecule has 1 aliphatic heterocycles. The van der Waals surface area contributed by atoms with Crippen molar-refractivity contribution in [1.82, 2.24) is 9.97 Å². The Labute approximate surface area is 104 Å². The van der Waals surface area contributed by atoms with E-state index in [1.165, 1.54) is 0 Å². The number of hydrogen-bond acceptors (Lipinski definition) is 6. The van der Waals surface area contributed by atoms with E-state index in [1.807, 2.05) is 25.1 Å². The first kappa shape index (κ1) is 10.6. The van der Waals surface area contributed by atoms with Gasteiger partial charge in [-0.3, -0.25) is 0 Å². The van der Waals surface area contributed by atoms with Crippen molar-refractivity contribution in [2.45, 2.75) is 6.92 Å².